The zero-order valence-corrected chi connectivity index (χ0v) is 8.81. The summed E-state index contributed by atoms with van der Waals surface area (Å²) in [6.45, 7) is 0. The van der Waals surface area contributed by atoms with Crippen molar-refractivity contribution in [1.82, 2.24) is 0 Å². The highest BCUT2D eigenvalue weighted by molar-refractivity contribution is 8.09. The van der Waals surface area contributed by atoms with E-state index >= 15 is 0 Å². The summed E-state index contributed by atoms with van der Waals surface area (Å²) in [5.41, 5.74) is 5.22. The number of nitrogens with zero attached hydrogens (tertiary/aromatic N) is 1. The van der Waals surface area contributed by atoms with Crippen LogP contribution < -0.4 is 10.5 Å². The van der Waals surface area contributed by atoms with Crippen LogP contribution in [-0.4, -0.2) is 18.8 Å². The Bertz CT molecular complexity index is 572. The van der Waals surface area contributed by atoms with Crippen LogP contribution in [0.15, 0.2) is 40.5 Å². The van der Waals surface area contributed by atoms with Gasteiger partial charge in [-0.25, -0.2) is 13.4 Å². The van der Waals surface area contributed by atoms with Gasteiger partial charge in [0.05, 0.1) is 6.20 Å². The second-order valence-electron chi connectivity index (χ2n) is 3.03. The molecule has 7 heteroatoms. The van der Waals surface area contributed by atoms with Crippen molar-refractivity contribution in [3.05, 3.63) is 35.5 Å². The lowest BCUT2D eigenvalue weighted by atomic mass is 10.3. The monoisotopic (exact) mass is 240 g/mol. The van der Waals surface area contributed by atoms with Crippen molar-refractivity contribution in [2.75, 3.05) is 0 Å². The molecule has 0 saturated heterocycles. The molecule has 3 N–H and O–H groups in total. The van der Waals surface area contributed by atoms with E-state index in [9.17, 15) is 8.42 Å². The zero-order chi connectivity index (χ0) is 11.8. The number of hydrogen-bond donors (Lipinski definition) is 2. The molecule has 0 unspecified atom stereocenters. The highest BCUT2D eigenvalue weighted by Gasteiger charge is 2.30. The summed E-state index contributed by atoms with van der Waals surface area (Å²) < 4.78 is 28.0. The Balaban J connectivity index is 2.23. The SMILES string of the molecule is NC1=CN=C(Oc2ccc(O)cc2)S1(=O)=O. The van der Waals surface area contributed by atoms with Gasteiger partial charge in [0.25, 0.3) is 9.84 Å². The van der Waals surface area contributed by atoms with E-state index in [0.29, 0.717) is 0 Å². The van der Waals surface area contributed by atoms with E-state index in [1.807, 2.05) is 0 Å². The molecule has 6 nitrogen and oxygen atoms in total. The third-order valence-electron chi connectivity index (χ3n) is 1.88. The lowest BCUT2D eigenvalue weighted by Crippen LogP contribution is -2.22. The minimum atomic E-state index is -3.77. The average Bonchev–Trinajstić information content (AvgIpc) is 2.48. The molecule has 2 rings (SSSR count). The fraction of sp³-hybridized carbons (Fsp3) is 0. The molecule has 84 valence electrons. The number of hydrogen-bond acceptors (Lipinski definition) is 6. The van der Waals surface area contributed by atoms with Gasteiger partial charge in [-0.15, -0.1) is 0 Å². The van der Waals surface area contributed by atoms with Crippen LogP contribution in [0.4, 0.5) is 0 Å². The maximum atomic E-state index is 11.5. The summed E-state index contributed by atoms with van der Waals surface area (Å²) in [7, 11) is -3.77. The van der Waals surface area contributed by atoms with Crippen LogP contribution in [-0.2, 0) is 9.84 Å². The van der Waals surface area contributed by atoms with Crippen molar-refractivity contribution in [3.63, 3.8) is 0 Å². The maximum Gasteiger partial charge on any atom is 0.321 e. The van der Waals surface area contributed by atoms with Crippen molar-refractivity contribution in [2.45, 2.75) is 0 Å². The van der Waals surface area contributed by atoms with Crippen LogP contribution in [0.2, 0.25) is 0 Å². The Kier molecular flexibility index (Phi) is 2.31. The third-order valence-corrected chi connectivity index (χ3v) is 3.25. The molecule has 0 amide bonds. The van der Waals surface area contributed by atoms with Gasteiger partial charge in [-0.2, -0.15) is 0 Å². The molecule has 1 aliphatic heterocycles. The van der Waals surface area contributed by atoms with Crippen LogP contribution in [0.5, 0.6) is 11.5 Å². The number of aliphatic imine (C=N–C) groups is 1. The highest BCUT2D eigenvalue weighted by Crippen LogP contribution is 2.20. The molecule has 0 radical (unpaired) electrons. The first kappa shape index (κ1) is 10.5. The molecule has 0 aliphatic carbocycles. The Labute approximate surface area is 91.6 Å². The minimum Gasteiger partial charge on any atom is -0.508 e. The zero-order valence-electron chi connectivity index (χ0n) is 7.99. The summed E-state index contributed by atoms with van der Waals surface area (Å²) >= 11 is 0. The predicted octanol–water partition coefficient (Wildman–Crippen LogP) is 0.313. The molecule has 1 aromatic carbocycles. The van der Waals surface area contributed by atoms with Gasteiger partial charge < -0.3 is 15.6 Å². The molecule has 0 atom stereocenters. The van der Waals surface area contributed by atoms with Crippen molar-refractivity contribution in [1.29, 1.82) is 0 Å². The standard InChI is InChI=1S/C9H8N2O4S/c10-8-5-11-9(16(8,13)14)15-7-3-1-6(12)2-4-7/h1-5,12H,10H2. The van der Waals surface area contributed by atoms with Crippen molar-refractivity contribution in [3.8, 4) is 11.5 Å². The minimum absolute atomic E-state index is 0.0567. The van der Waals surface area contributed by atoms with E-state index in [-0.39, 0.29) is 16.5 Å². The van der Waals surface area contributed by atoms with E-state index < -0.39 is 15.1 Å². The summed E-state index contributed by atoms with van der Waals surface area (Å²) in [6, 6.07) is 5.58. The topological polar surface area (TPSA) is 102 Å². The molecule has 1 aliphatic rings. The van der Waals surface area contributed by atoms with Crippen LogP contribution in [0.3, 0.4) is 0 Å². The summed E-state index contributed by atoms with van der Waals surface area (Å²) in [4.78, 5) is 3.54. The van der Waals surface area contributed by atoms with Gasteiger partial charge in [-0.1, -0.05) is 0 Å². The van der Waals surface area contributed by atoms with Gasteiger partial charge in [0.1, 0.15) is 11.5 Å². The summed E-state index contributed by atoms with van der Waals surface area (Å²) in [5, 5.41) is 8.22. The molecule has 0 spiro atoms. The second kappa shape index (κ2) is 3.53. The Hall–Kier alpha value is -2.02. The van der Waals surface area contributed by atoms with Crippen LogP contribution in [0.25, 0.3) is 0 Å². The van der Waals surface area contributed by atoms with Crippen LogP contribution in [0.1, 0.15) is 0 Å². The quantitative estimate of drug-likeness (QED) is 0.735. The van der Waals surface area contributed by atoms with E-state index in [2.05, 4.69) is 4.99 Å². The first-order valence-corrected chi connectivity index (χ1v) is 5.74. The molecule has 0 saturated carbocycles. The van der Waals surface area contributed by atoms with Gasteiger partial charge >= 0.3 is 5.23 Å². The van der Waals surface area contributed by atoms with Gasteiger partial charge in [-0.3, -0.25) is 0 Å². The van der Waals surface area contributed by atoms with E-state index in [1.54, 1.807) is 0 Å². The number of aromatic hydroxyl groups is 1. The molecule has 0 aromatic heterocycles. The van der Waals surface area contributed by atoms with Crippen LogP contribution in [0, 0.1) is 0 Å². The average molecular weight is 240 g/mol. The first-order chi connectivity index (χ1) is 7.50. The fourth-order valence-corrected chi connectivity index (χ4v) is 1.84. The number of nitrogens with two attached hydrogens (primary N) is 1. The predicted molar refractivity (Wildman–Crippen MR) is 57.4 cm³/mol. The Morgan fingerprint density at radius 2 is 1.88 bits per heavy atom. The van der Waals surface area contributed by atoms with Gasteiger partial charge in [0.15, 0.2) is 5.03 Å². The molecular weight excluding hydrogens is 232 g/mol. The number of rotatable bonds is 1. The smallest absolute Gasteiger partial charge is 0.321 e. The molecule has 1 aromatic rings. The second-order valence-corrected chi connectivity index (χ2v) is 4.85. The molecule has 0 fully saturated rings. The van der Waals surface area contributed by atoms with Crippen LogP contribution >= 0.6 is 0 Å². The molecule has 16 heavy (non-hydrogen) atoms. The number of sulfone groups is 1. The normalized spacial score (nSPS) is 17.8. The lowest BCUT2D eigenvalue weighted by molar-refractivity contribution is 0.473. The van der Waals surface area contributed by atoms with Crippen molar-refractivity contribution >= 4 is 15.1 Å². The maximum absolute atomic E-state index is 11.5. The molecule has 0 bridgehead atoms. The number of ether oxygens (including phenoxy) is 1. The lowest BCUT2D eigenvalue weighted by Gasteiger charge is -2.04. The van der Waals surface area contributed by atoms with E-state index in [1.165, 1.54) is 24.3 Å². The van der Waals surface area contributed by atoms with Crippen molar-refractivity contribution < 1.29 is 18.3 Å². The number of benzene rings is 1. The first-order valence-electron chi connectivity index (χ1n) is 4.25. The number of phenolic OH excluding ortho intramolecular Hbond substituents is 1. The summed E-state index contributed by atoms with van der Waals surface area (Å²) in [6.07, 6.45) is 1.02. The van der Waals surface area contributed by atoms with Crippen molar-refractivity contribution in [2.24, 2.45) is 10.7 Å². The Morgan fingerprint density at radius 3 is 2.38 bits per heavy atom. The largest absolute Gasteiger partial charge is 0.508 e. The van der Waals surface area contributed by atoms with Gasteiger partial charge in [0.2, 0.25) is 0 Å². The van der Waals surface area contributed by atoms with E-state index in [0.717, 1.165) is 6.20 Å². The third kappa shape index (κ3) is 1.72. The number of phenols is 1. The van der Waals surface area contributed by atoms with E-state index in [4.69, 9.17) is 15.6 Å². The highest BCUT2D eigenvalue weighted by atomic mass is 32.2. The molecular formula is C9H8N2O4S. The Morgan fingerprint density at radius 1 is 1.25 bits per heavy atom. The van der Waals surface area contributed by atoms with Gasteiger partial charge in [0, 0.05) is 0 Å². The summed E-state index contributed by atoms with van der Waals surface area (Å²) in [5.74, 6) is 0.310. The fourth-order valence-electron chi connectivity index (χ4n) is 1.05. The molecule has 1 heterocycles. The van der Waals surface area contributed by atoms with Gasteiger partial charge in [-0.05, 0) is 24.3 Å².